The summed E-state index contributed by atoms with van der Waals surface area (Å²) in [6, 6.07) is -0.795. The summed E-state index contributed by atoms with van der Waals surface area (Å²) < 4.78 is 0. The van der Waals surface area contributed by atoms with Gasteiger partial charge in [0.15, 0.2) is 0 Å². The molecule has 5 nitrogen and oxygen atoms in total. The molecule has 1 fully saturated rings. The molecule has 3 amide bonds. The Kier molecular flexibility index (Phi) is 3.46. The van der Waals surface area contributed by atoms with E-state index in [0.29, 0.717) is 0 Å². The van der Waals surface area contributed by atoms with E-state index < -0.39 is 6.03 Å². The van der Waals surface area contributed by atoms with Crippen molar-refractivity contribution in [3.8, 4) is 0 Å². The topological polar surface area (TPSA) is 84.2 Å². The van der Waals surface area contributed by atoms with E-state index in [9.17, 15) is 9.59 Å². The number of hydrogen-bond donors (Lipinski definition) is 3. The summed E-state index contributed by atoms with van der Waals surface area (Å²) in [6.45, 7) is 2.26. The minimum Gasteiger partial charge on any atom is -0.351 e. The number of primary amides is 1. The van der Waals surface area contributed by atoms with Crippen LogP contribution in [0.1, 0.15) is 32.6 Å². The zero-order valence-corrected chi connectivity index (χ0v) is 8.43. The van der Waals surface area contributed by atoms with Crippen LogP contribution in [0.25, 0.3) is 0 Å². The maximum Gasteiger partial charge on any atom is 0.318 e. The second-order valence-corrected chi connectivity index (χ2v) is 3.75. The molecule has 1 rings (SSSR count). The van der Waals surface area contributed by atoms with Crippen molar-refractivity contribution in [1.29, 1.82) is 0 Å². The molecule has 0 atom stereocenters. The third-order valence-electron chi connectivity index (χ3n) is 2.87. The first-order valence-corrected chi connectivity index (χ1v) is 4.92. The number of rotatable bonds is 4. The minimum atomic E-state index is -0.795. The van der Waals surface area contributed by atoms with Gasteiger partial charge in [0.2, 0.25) is 5.91 Å². The summed E-state index contributed by atoms with van der Waals surface area (Å²) in [4.78, 5) is 21.4. The molecule has 1 aliphatic rings. The maximum absolute atomic E-state index is 11.1. The molecule has 0 unspecified atom stereocenters. The molecule has 14 heavy (non-hydrogen) atoms. The highest BCUT2D eigenvalue weighted by Crippen LogP contribution is 2.34. The smallest absolute Gasteiger partial charge is 0.318 e. The van der Waals surface area contributed by atoms with E-state index in [2.05, 4.69) is 12.2 Å². The monoisotopic (exact) mass is 199 g/mol. The van der Waals surface area contributed by atoms with Crippen molar-refractivity contribution in [2.75, 3.05) is 6.54 Å². The largest absolute Gasteiger partial charge is 0.351 e. The molecule has 0 saturated heterocycles. The molecular weight excluding hydrogens is 182 g/mol. The van der Waals surface area contributed by atoms with Crippen molar-refractivity contribution >= 4 is 11.9 Å². The summed E-state index contributed by atoms with van der Waals surface area (Å²) in [5.41, 5.74) is 4.93. The highest BCUT2D eigenvalue weighted by molar-refractivity contribution is 5.94. The van der Waals surface area contributed by atoms with Gasteiger partial charge in [-0.1, -0.05) is 6.92 Å². The van der Waals surface area contributed by atoms with Gasteiger partial charge in [0.25, 0.3) is 0 Å². The number of urea groups is 1. The van der Waals surface area contributed by atoms with Gasteiger partial charge in [0.05, 0.1) is 6.54 Å². The minimum absolute atomic E-state index is 0.120. The van der Waals surface area contributed by atoms with Crippen LogP contribution in [-0.2, 0) is 4.79 Å². The lowest BCUT2D eigenvalue weighted by Crippen LogP contribution is -2.54. The molecule has 0 heterocycles. The molecule has 0 aromatic rings. The van der Waals surface area contributed by atoms with Gasteiger partial charge in [0, 0.05) is 5.54 Å². The predicted octanol–water partition coefficient (Wildman–Crippen LogP) is 0.104. The summed E-state index contributed by atoms with van der Waals surface area (Å²) in [6.07, 6.45) is 4.43. The van der Waals surface area contributed by atoms with E-state index in [1.807, 2.05) is 5.32 Å². The Morgan fingerprint density at radius 2 is 2.07 bits per heavy atom. The molecule has 0 aromatic heterocycles. The van der Waals surface area contributed by atoms with Gasteiger partial charge in [-0.25, -0.2) is 4.79 Å². The normalized spacial score (nSPS) is 18.4. The molecule has 0 bridgehead atoms. The van der Waals surface area contributed by atoms with Crippen LogP contribution < -0.4 is 16.4 Å². The quantitative estimate of drug-likeness (QED) is 0.600. The predicted molar refractivity (Wildman–Crippen MR) is 52.6 cm³/mol. The Labute approximate surface area is 83.4 Å². The van der Waals surface area contributed by atoms with Crippen LogP contribution in [-0.4, -0.2) is 24.0 Å². The van der Waals surface area contributed by atoms with Gasteiger partial charge in [-0.05, 0) is 25.7 Å². The van der Waals surface area contributed by atoms with Crippen LogP contribution >= 0.6 is 0 Å². The average molecular weight is 199 g/mol. The first-order valence-electron chi connectivity index (χ1n) is 4.92. The third kappa shape index (κ3) is 2.70. The SMILES string of the molecule is CCC1(NCC(=O)NC(N)=O)CCC1. The van der Waals surface area contributed by atoms with Crippen LogP contribution in [0.15, 0.2) is 0 Å². The second-order valence-electron chi connectivity index (χ2n) is 3.75. The van der Waals surface area contributed by atoms with Gasteiger partial charge in [-0.3, -0.25) is 10.1 Å². The highest BCUT2D eigenvalue weighted by Gasteiger charge is 2.34. The van der Waals surface area contributed by atoms with Gasteiger partial charge >= 0.3 is 6.03 Å². The maximum atomic E-state index is 11.1. The molecule has 80 valence electrons. The highest BCUT2D eigenvalue weighted by atomic mass is 16.2. The number of amides is 3. The van der Waals surface area contributed by atoms with E-state index in [-0.39, 0.29) is 18.0 Å². The standard InChI is InChI=1S/C9H17N3O2/c1-2-9(4-3-5-9)11-6-7(13)12-8(10)14/h11H,2-6H2,1H3,(H3,10,12,13,14). The first-order chi connectivity index (χ1) is 6.58. The fourth-order valence-corrected chi connectivity index (χ4v) is 1.71. The number of carbonyl (C=O) groups is 2. The summed E-state index contributed by atoms with van der Waals surface area (Å²) >= 11 is 0. The summed E-state index contributed by atoms with van der Waals surface area (Å²) in [5.74, 6) is -0.364. The molecule has 0 aliphatic heterocycles. The van der Waals surface area contributed by atoms with Crippen molar-refractivity contribution in [2.24, 2.45) is 5.73 Å². The second kappa shape index (κ2) is 4.41. The van der Waals surface area contributed by atoms with E-state index in [0.717, 1.165) is 19.3 Å². The third-order valence-corrected chi connectivity index (χ3v) is 2.87. The number of carbonyl (C=O) groups excluding carboxylic acids is 2. The Bertz CT molecular complexity index is 231. The van der Waals surface area contributed by atoms with Crippen LogP contribution in [0.5, 0.6) is 0 Å². The van der Waals surface area contributed by atoms with E-state index in [4.69, 9.17) is 5.73 Å². The zero-order chi connectivity index (χ0) is 10.6. The van der Waals surface area contributed by atoms with Gasteiger partial charge in [-0.2, -0.15) is 0 Å². The van der Waals surface area contributed by atoms with Crippen LogP contribution in [0.4, 0.5) is 4.79 Å². The summed E-state index contributed by atoms with van der Waals surface area (Å²) in [7, 11) is 0. The average Bonchev–Trinajstić information content (AvgIpc) is 2.01. The first kappa shape index (κ1) is 11.0. The Morgan fingerprint density at radius 3 is 2.43 bits per heavy atom. The molecule has 1 aliphatic carbocycles. The number of hydrogen-bond acceptors (Lipinski definition) is 3. The molecule has 0 aromatic carbocycles. The molecule has 1 saturated carbocycles. The Balaban J connectivity index is 2.25. The lowest BCUT2D eigenvalue weighted by molar-refractivity contribution is -0.119. The van der Waals surface area contributed by atoms with E-state index in [1.165, 1.54) is 6.42 Å². The molecule has 4 N–H and O–H groups in total. The Hall–Kier alpha value is -1.10. The van der Waals surface area contributed by atoms with Gasteiger partial charge in [0.1, 0.15) is 0 Å². The zero-order valence-electron chi connectivity index (χ0n) is 8.43. The van der Waals surface area contributed by atoms with Crippen molar-refractivity contribution in [1.82, 2.24) is 10.6 Å². The number of imide groups is 1. The fraction of sp³-hybridized carbons (Fsp3) is 0.778. The fourth-order valence-electron chi connectivity index (χ4n) is 1.71. The lowest BCUT2D eigenvalue weighted by atomic mass is 9.75. The van der Waals surface area contributed by atoms with E-state index in [1.54, 1.807) is 0 Å². The molecule has 0 radical (unpaired) electrons. The van der Waals surface area contributed by atoms with Gasteiger partial charge in [-0.15, -0.1) is 0 Å². The molecule has 5 heteroatoms. The molecular formula is C9H17N3O2. The van der Waals surface area contributed by atoms with Gasteiger partial charge < -0.3 is 11.1 Å². The van der Waals surface area contributed by atoms with Crippen molar-refractivity contribution in [3.05, 3.63) is 0 Å². The van der Waals surface area contributed by atoms with Crippen LogP contribution in [0, 0.1) is 0 Å². The lowest BCUT2D eigenvalue weighted by Gasteiger charge is -2.42. The number of nitrogens with two attached hydrogens (primary N) is 1. The van der Waals surface area contributed by atoms with Crippen molar-refractivity contribution in [3.63, 3.8) is 0 Å². The van der Waals surface area contributed by atoms with Crippen molar-refractivity contribution < 1.29 is 9.59 Å². The number of nitrogens with one attached hydrogen (secondary N) is 2. The van der Waals surface area contributed by atoms with E-state index >= 15 is 0 Å². The van der Waals surface area contributed by atoms with Crippen LogP contribution in [0.2, 0.25) is 0 Å². The summed E-state index contributed by atoms with van der Waals surface area (Å²) in [5, 5.41) is 5.19. The molecule has 0 spiro atoms. The van der Waals surface area contributed by atoms with Crippen molar-refractivity contribution in [2.45, 2.75) is 38.1 Å². The Morgan fingerprint density at radius 1 is 1.43 bits per heavy atom. The van der Waals surface area contributed by atoms with Crippen LogP contribution in [0.3, 0.4) is 0 Å².